The van der Waals surface area contributed by atoms with Crippen molar-refractivity contribution < 1.29 is 23.8 Å². The lowest BCUT2D eigenvalue weighted by atomic mass is 10.1. The molecule has 0 saturated carbocycles. The second kappa shape index (κ2) is 12.1. The Balaban J connectivity index is 1.28. The molecule has 218 valence electrons. The van der Waals surface area contributed by atoms with Crippen LogP contribution in [-0.2, 0) is 27.3 Å². The predicted octanol–water partition coefficient (Wildman–Crippen LogP) is 3.01. The average molecular weight is 564 g/mol. The van der Waals surface area contributed by atoms with Gasteiger partial charge in [-0.25, -0.2) is 14.8 Å². The van der Waals surface area contributed by atoms with E-state index in [4.69, 9.17) is 19.2 Å². The zero-order chi connectivity index (χ0) is 29.0. The fourth-order valence-corrected chi connectivity index (χ4v) is 4.93. The van der Waals surface area contributed by atoms with Crippen molar-refractivity contribution in [1.82, 2.24) is 29.7 Å². The Morgan fingerprint density at radius 2 is 2.02 bits per heavy atom. The number of benzene rings is 1. The zero-order valence-electron chi connectivity index (χ0n) is 24.0. The molecule has 2 amide bonds. The van der Waals surface area contributed by atoms with Crippen molar-refractivity contribution in [1.29, 1.82) is 0 Å². The van der Waals surface area contributed by atoms with Crippen LogP contribution in [0.3, 0.4) is 0 Å². The first kappa shape index (κ1) is 28.3. The first-order valence-electron chi connectivity index (χ1n) is 13.8. The third-order valence-electron chi connectivity index (χ3n) is 6.83. The Hall–Kier alpha value is -4.19. The first-order valence-corrected chi connectivity index (χ1v) is 13.8. The molecule has 1 atom stereocenters. The van der Waals surface area contributed by atoms with Crippen LogP contribution in [0.5, 0.6) is 5.75 Å². The van der Waals surface area contributed by atoms with Crippen LogP contribution in [0.1, 0.15) is 44.0 Å². The van der Waals surface area contributed by atoms with E-state index in [1.807, 2.05) is 45.9 Å². The SMILES string of the molecule is Cc1cc(N2CCN(C(=O)OC(C)(C)C)CC2CC(=O)NCCc2ccc3c(c2)COCO3)nc(-n2ccnc2)n1. The van der Waals surface area contributed by atoms with Gasteiger partial charge in [0.15, 0.2) is 6.79 Å². The molecule has 1 saturated heterocycles. The molecule has 1 unspecified atom stereocenters. The molecule has 1 fully saturated rings. The summed E-state index contributed by atoms with van der Waals surface area (Å²) >= 11 is 0. The van der Waals surface area contributed by atoms with E-state index in [0.717, 1.165) is 22.6 Å². The molecule has 0 radical (unpaired) electrons. The predicted molar refractivity (Wildman–Crippen MR) is 151 cm³/mol. The standard InChI is InChI=1S/C29H37N7O5/c1-20-13-25(33-27(32-20)35-10-9-30-18-35)36-12-11-34(28(38)41-29(2,3)4)16-23(36)15-26(37)31-8-7-21-5-6-24-22(14-21)17-39-19-40-24/h5-6,9-10,13-14,18,23H,7-8,11-12,15-17,19H2,1-4H3,(H,31,37). The van der Waals surface area contributed by atoms with Gasteiger partial charge in [-0.15, -0.1) is 0 Å². The lowest BCUT2D eigenvalue weighted by molar-refractivity contribution is -0.121. The summed E-state index contributed by atoms with van der Waals surface area (Å²) in [6, 6.07) is 7.60. The van der Waals surface area contributed by atoms with Gasteiger partial charge in [-0.2, -0.15) is 4.98 Å². The van der Waals surface area contributed by atoms with Gasteiger partial charge in [-0.1, -0.05) is 6.07 Å². The molecule has 3 aromatic rings. The molecule has 4 heterocycles. The molecule has 0 bridgehead atoms. The second-order valence-corrected chi connectivity index (χ2v) is 11.3. The summed E-state index contributed by atoms with van der Waals surface area (Å²) in [6.45, 7) is 9.98. The number of anilines is 1. The number of aromatic nitrogens is 4. The molecule has 12 nitrogen and oxygen atoms in total. The van der Waals surface area contributed by atoms with E-state index >= 15 is 0 Å². The Bertz CT molecular complexity index is 1370. The number of hydrogen-bond donors (Lipinski definition) is 1. The van der Waals surface area contributed by atoms with Gasteiger partial charge >= 0.3 is 6.09 Å². The summed E-state index contributed by atoms with van der Waals surface area (Å²) < 4.78 is 18.2. The summed E-state index contributed by atoms with van der Waals surface area (Å²) in [6.07, 6.45) is 5.58. The van der Waals surface area contributed by atoms with Crippen LogP contribution in [-0.4, -0.2) is 81.0 Å². The van der Waals surface area contributed by atoms with Gasteiger partial charge in [-0.3, -0.25) is 9.36 Å². The van der Waals surface area contributed by atoms with Gasteiger partial charge in [0.25, 0.3) is 0 Å². The van der Waals surface area contributed by atoms with E-state index in [-0.39, 0.29) is 31.3 Å². The smallest absolute Gasteiger partial charge is 0.410 e. The number of aryl methyl sites for hydroxylation is 1. The molecule has 1 aromatic carbocycles. The van der Waals surface area contributed by atoms with Gasteiger partial charge in [0.2, 0.25) is 11.9 Å². The van der Waals surface area contributed by atoms with E-state index < -0.39 is 5.60 Å². The number of fused-ring (bicyclic) bond motifs is 1. The summed E-state index contributed by atoms with van der Waals surface area (Å²) in [5.41, 5.74) is 2.28. The topological polar surface area (TPSA) is 124 Å². The Morgan fingerprint density at radius 1 is 1.17 bits per heavy atom. The third kappa shape index (κ3) is 7.31. The van der Waals surface area contributed by atoms with Crippen molar-refractivity contribution in [2.24, 2.45) is 0 Å². The van der Waals surface area contributed by atoms with Crippen molar-refractivity contribution in [2.75, 3.05) is 37.9 Å². The number of rotatable bonds is 7. The van der Waals surface area contributed by atoms with Crippen molar-refractivity contribution in [2.45, 2.75) is 58.8 Å². The van der Waals surface area contributed by atoms with Gasteiger partial charge < -0.3 is 29.3 Å². The van der Waals surface area contributed by atoms with Crippen molar-refractivity contribution in [3.8, 4) is 11.7 Å². The Morgan fingerprint density at radius 3 is 2.80 bits per heavy atom. The van der Waals surface area contributed by atoms with Crippen molar-refractivity contribution >= 4 is 17.8 Å². The highest BCUT2D eigenvalue weighted by Crippen LogP contribution is 2.25. The number of nitrogens with zero attached hydrogens (tertiary/aromatic N) is 6. The normalized spacial score (nSPS) is 17.0. The summed E-state index contributed by atoms with van der Waals surface area (Å²) in [7, 11) is 0. The number of piperazine rings is 1. The molecule has 2 aliphatic heterocycles. The number of ether oxygens (including phenoxy) is 3. The number of hydrogen-bond acceptors (Lipinski definition) is 9. The van der Waals surface area contributed by atoms with Gasteiger partial charge in [0, 0.05) is 62.3 Å². The lowest BCUT2D eigenvalue weighted by Crippen LogP contribution is -2.57. The lowest BCUT2D eigenvalue weighted by Gasteiger charge is -2.42. The fourth-order valence-electron chi connectivity index (χ4n) is 4.93. The molecule has 1 N–H and O–H groups in total. The van der Waals surface area contributed by atoms with E-state index in [9.17, 15) is 9.59 Å². The van der Waals surface area contributed by atoms with Crippen LogP contribution in [0, 0.1) is 6.92 Å². The van der Waals surface area contributed by atoms with E-state index in [1.165, 1.54) is 0 Å². The number of amides is 2. The quantitative estimate of drug-likeness (QED) is 0.462. The van der Waals surface area contributed by atoms with E-state index in [1.54, 1.807) is 28.2 Å². The maximum atomic E-state index is 13.2. The summed E-state index contributed by atoms with van der Waals surface area (Å²) in [5.74, 6) is 1.93. The van der Waals surface area contributed by atoms with Crippen LogP contribution < -0.4 is 15.0 Å². The minimum Gasteiger partial charge on any atom is -0.467 e. The summed E-state index contributed by atoms with van der Waals surface area (Å²) in [4.78, 5) is 43.3. The summed E-state index contributed by atoms with van der Waals surface area (Å²) in [5, 5.41) is 3.05. The number of carbonyl (C=O) groups is 2. The third-order valence-corrected chi connectivity index (χ3v) is 6.83. The largest absolute Gasteiger partial charge is 0.467 e. The van der Waals surface area contributed by atoms with Crippen molar-refractivity contribution in [3.05, 3.63) is 59.8 Å². The highest BCUT2D eigenvalue weighted by molar-refractivity contribution is 5.77. The maximum Gasteiger partial charge on any atom is 0.410 e. The maximum absolute atomic E-state index is 13.2. The average Bonchev–Trinajstić information content (AvgIpc) is 3.47. The molecule has 2 aliphatic rings. The van der Waals surface area contributed by atoms with E-state index in [0.29, 0.717) is 51.0 Å². The monoisotopic (exact) mass is 563 g/mol. The van der Waals surface area contributed by atoms with Gasteiger partial charge in [0.1, 0.15) is 23.5 Å². The molecular formula is C29H37N7O5. The van der Waals surface area contributed by atoms with Crippen LogP contribution in [0.15, 0.2) is 43.0 Å². The van der Waals surface area contributed by atoms with Crippen LogP contribution in [0.25, 0.3) is 5.95 Å². The minimum atomic E-state index is -0.612. The molecule has 41 heavy (non-hydrogen) atoms. The van der Waals surface area contributed by atoms with Crippen molar-refractivity contribution in [3.63, 3.8) is 0 Å². The molecule has 12 heteroatoms. The fraction of sp³-hybridized carbons (Fsp3) is 0.483. The molecular weight excluding hydrogens is 526 g/mol. The number of nitrogens with one attached hydrogen (secondary N) is 1. The van der Waals surface area contributed by atoms with E-state index in [2.05, 4.69) is 26.3 Å². The van der Waals surface area contributed by atoms with Crippen LogP contribution in [0.4, 0.5) is 10.6 Å². The Labute approximate surface area is 239 Å². The minimum absolute atomic E-state index is 0.101. The number of imidazole rings is 1. The first-order chi connectivity index (χ1) is 19.6. The molecule has 2 aromatic heterocycles. The Kier molecular flexibility index (Phi) is 8.39. The molecule has 5 rings (SSSR count). The number of carbonyl (C=O) groups excluding carboxylic acids is 2. The second-order valence-electron chi connectivity index (χ2n) is 11.3. The highest BCUT2D eigenvalue weighted by atomic mass is 16.7. The zero-order valence-corrected chi connectivity index (χ0v) is 24.0. The van der Waals surface area contributed by atoms with Crippen LogP contribution in [0.2, 0.25) is 0 Å². The highest BCUT2D eigenvalue weighted by Gasteiger charge is 2.34. The molecule has 0 aliphatic carbocycles. The van der Waals surface area contributed by atoms with Gasteiger partial charge in [-0.05, 0) is 51.8 Å². The van der Waals surface area contributed by atoms with Crippen LogP contribution >= 0.6 is 0 Å². The molecule has 0 spiro atoms. The van der Waals surface area contributed by atoms with Gasteiger partial charge in [0.05, 0.1) is 12.6 Å².